The molecule has 0 saturated heterocycles. The average Bonchev–Trinajstić information content (AvgIpc) is 2.43. The molecule has 0 bridgehead atoms. The second-order valence-electron chi connectivity index (χ2n) is 4.76. The first-order valence-corrected chi connectivity index (χ1v) is 6.81. The third-order valence-corrected chi connectivity index (χ3v) is 2.67. The van der Waals surface area contributed by atoms with Gasteiger partial charge in [-0.15, -0.1) is 6.58 Å². The van der Waals surface area contributed by atoms with Crippen molar-refractivity contribution < 1.29 is 9.57 Å². The number of allylic oxidation sites excluding steroid dienone is 1. The topological polar surface area (TPSA) is 42.8 Å². The molecule has 1 N–H and O–H groups in total. The monoisotopic (exact) mass is 276 g/mol. The molecule has 4 nitrogen and oxygen atoms in total. The van der Waals surface area contributed by atoms with Crippen LogP contribution in [-0.2, 0) is 11.3 Å². The van der Waals surface area contributed by atoms with Gasteiger partial charge in [-0.3, -0.25) is 0 Å². The number of hydrogen-bond acceptors (Lipinski definition) is 4. The lowest BCUT2D eigenvalue weighted by Crippen LogP contribution is -2.32. The van der Waals surface area contributed by atoms with Crippen LogP contribution in [0, 0.1) is 0 Å². The molecular formula is C16H24N2O2. The highest BCUT2D eigenvalue weighted by molar-refractivity contribution is 5.87. The lowest BCUT2D eigenvalue weighted by Gasteiger charge is -2.13. The first-order valence-electron chi connectivity index (χ1n) is 6.81. The summed E-state index contributed by atoms with van der Waals surface area (Å²) in [6.07, 6.45) is 2.66. The Labute approximate surface area is 121 Å². The van der Waals surface area contributed by atoms with E-state index in [4.69, 9.17) is 9.57 Å². The van der Waals surface area contributed by atoms with Crippen LogP contribution < -0.4 is 10.1 Å². The van der Waals surface area contributed by atoms with E-state index in [1.54, 1.807) is 7.11 Å². The summed E-state index contributed by atoms with van der Waals surface area (Å²) in [7, 11) is 1.54. The Balaban J connectivity index is 2.63. The van der Waals surface area contributed by atoms with Gasteiger partial charge in [0.05, 0.1) is 0 Å². The van der Waals surface area contributed by atoms with E-state index in [1.807, 2.05) is 30.3 Å². The van der Waals surface area contributed by atoms with Crippen molar-refractivity contribution in [3.05, 3.63) is 42.5 Å². The second-order valence-corrected chi connectivity index (χ2v) is 4.76. The van der Waals surface area contributed by atoms with Crippen LogP contribution >= 0.6 is 0 Å². The van der Waals surface area contributed by atoms with E-state index in [9.17, 15) is 0 Å². The maximum Gasteiger partial charge on any atom is 0.131 e. The lowest BCUT2D eigenvalue weighted by molar-refractivity contribution is 0.209. The van der Waals surface area contributed by atoms with Crippen LogP contribution in [0.2, 0.25) is 0 Å². The summed E-state index contributed by atoms with van der Waals surface area (Å²) in [4.78, 5) is 4.85. The van der Waals surface area contributed by atoms with E-state index in [0.717, 1.165) is 23.4 Å². The minimum Gasteiger partial charge on any atom is -0.487 e. The van der Waals surface area contributed by atoms with Gasteiger partial charge in [-0.25, -0.2) is 0 Å². The Morgan fingerprint density at radius 3 is 2.80 bits per heavy atom. The van der Waals surface area contributed by atoms with Gasteiger partial charge in [0.2, 0.25) is 0 Å². The molecule has 0 spiro atoms. The van der Waals surface area contributed by atoms with Gasteiger partial charge in [0.15, 0.2) is 0 Å². The molecular weight excluding hydrogens is 252 g/mol. The number of benzene rings is 1. The molecule has 0 amide bonds. The molecule has 110 valence electrons. The normalized spacial score (nSPS) is 11.5. The Morgan fingerprint density at radius 2 is 2.15 bits per heavy atom. The van der Waals surface area contributed by atoms with Crippen LogP contribution in [0.25, 0.3) is 0 Å². The second kappa shape index (κ2) is 9.15. The number of oxime groups is 1. The van der Waals surface area contributed by atoms with E-state index in [0.29, 0.717) is 19.2 Å². The van der Waals surface area contributed by atoms with E-state index in [-0.39, 0.29) is 0 Å². The Morgan fingerprint density at radius 1 is 1.40 bits per heavy atom. The van der Waals surface area contributed by atoms with Gasteiger partial charge < -0.3 is 14.9 Å². The van der Waals surface area contributed by atoms with E-state index >= 15 is 0 Å². The minimum atomic E-state index is 0.394. The van der Waals surface area contributed by atoms with Crippen molar-refractivity contribution in [3.63, 3.8) is 0 Å². The van der Waals surface area contributed by atoms with Crippen molar-refractivity contribution >= 4 is 5.71 Å². The number of nitrogens with one attached hydrogen (secondary N) is 1. The van der Waals surface area contributed by atoms with Crippen molar-refractivity contribution in [2.24, 2.45) is 5.16 Å². The Bertz CT molecular complexity index is 442. The summed E-state index contributed by atoms with van der Waals surface area (Å²) in [6, 6.07) is 8.35. The third-order valence-electron chi connectivity index (χ3n) is 2.67. The average molecular weight is 276 g/mol. The molecule has 0 aromatic heterocycles. The molecule has 0 radical (unpaired) electrons. The molecule has 0 aliphatic rings. The quantitative estimate of drug-likeness (QED) is 0.428. The third kappa shape index (κ3) is 5.89. The van der Waals surface area contributed by atoms with Gasteiger partial charge in [0.1, 0.15) is 25.2 Å². The van der Waals surface area contributed by atoms with Crippen LogP contribution in [0.5, 0.6) is 5.75 Å². The molecule has 0 saturated carbocycles. The highest BCUT2D eigenvalue weighted by Gasteiger charge is 2.06. The van der Waals surface area contributed by atoms with Crippen molar-refractivity contribution in [3.8, 4) is 5.75 Å². The zero-order valence-corrected chi connectivity index (χ0v) is 12.6. The molecule has 1 aromatic carbocycles. The molecule has 0 unspecified atom stereocenters. The lowest BCUT2D eigenvalue weighted by atomic mass is 10.1. The number of nitrogens with zero attached hydrogens (tertiary/aromatic N) is 1. The molecule has 4 heteroatoms. The van der Waals surface area contributed by atoms with Gasteiger partial charge in [0, 0.05) is 12.6 Å². The van der Waals surface area contributed by atoms with Gasteiger partial charge >= 0.3 is 0 Å². The highest BCUT2D eigenvalue weighted by atomic mass is 16.6. The van der Waals surface area contributed by atoms with Crippen LogP contribution in [0.3, 0.4) is 0 Å². The zero-order valence-electron chi connectivity index (χ0n) is 12.6. The Hall–Kier alpha value is -1.81. The van der Waals surface area contributed by atoms with Gasteiger partial charge in [-0.2, -0.15) is 0 Å². The summed E-state index contributed by atoms with van der Waals surface area (Å²) in [5, 5.41) is 7.30. The molecule has 0 aliphatic carbocycles. The van der Waals surface area contributed by atoms with E-state index < -0.39 is 0 Å². The summed E-state index contributed by atoms with van der Waals surface area (Å²) in [5.74, 6) is 0.862. The number of para-hydroxylation sites is 1. The van der Waals surface area contributed by atoms with Crippen molar-refractivity contribution in [1.82, 2.24) is 5.32 Å². The van der Waals surface area contributed by atoms with Crippen LogP contribution in [0.4, 0.5) is 0 Å². The number of rotatable bonds is 9. The fraction of sp³-hybridized carbons (Fsp3) is 0.438. The summed E-state index contributed by atoms with van der Waals surface area (Å²) < 4.78 is 5.84. The van der Waals surface area contributed by atoms with Crippen molar-refractivity contribution in [1.29, 1.82) is 0 Å². The fourth-order valence-electron chi connectivity index (χ4n) is 1.69. The molecule has 20 heavy (non-hydrogen) atoms. The SMILES string of the molecule is C=CCc1ccccc1OC/C(CNC(C)C)=N/OC. The maximum atomic E-state index is 5.84. The smallest absolute Gasteiger partial charge is 0.131 e. The first-order chi connectivity index (χ1) is 9.67. The maximum absolute atomic E-state index is 5.84. The number of ether oxygens (including phenoxy) is 1. The largest absolute Gasteiger partial charge is 0.487 e. The molecule has 1 aromatic rings. The van der Waals surface area contributed by atoms with Crippen LogP contribution in [-0.4, -0.2) is 32.0 Å². The van der Waals surface area contributed by atoms with Crippen molar-refractivity contribution in [2.45, 2.75) is 26.3 Å². The molecule has 0 atom stereocenters. The highest BCUT2D eigenvalue weighted by Crippen LogP contribution is 2.18. The standard InChI is InChI=1S/C16H24N2O2/c1-5-8-14-9-6-7-10-16(14)20-12-15(18-19-4)11-17-13(2)3/h5-7,9-10,13,17H,1,8,11-12H2,2-4H3/b18-15+. The van der Waals surface area contributed by atoms with E-state index in [2.05, 4.69) is 30.9 Å². The number of hydrogen-bond donors (Lipinski definition) is 1. The minimum absolute atomic E-state index is 0.394. The van der Waals surface area contributed by atoms with Crippen molar-refractivity contribution in [2.75, 3.05) is 20.3 Å². The first kappa shape index (κ1) is 16.2. The van der Waals surface area contributed by atoms with Gasteiger partial charge in [0.25, 0.3) is 0 Å². The Kier molecular flexibility index (Phi) is 7.43. The van der Waals surface area contributed by atoms with E-state index in [1.165, 1.54) is 0 Å². The summed E-state index contributed by atoms with van der Waals surface area (Å²) in [5.41, 5.74) is 1.95. The van der Waals surface area contributed by atoms with Gasteiger partial charge in [-0.05, 0) is 18.1 Å². The molecule has 0 heterocycles. The summed E-state index contributed by atoms with van der Waals surface area (Å²) >= 11 is 0. The predicted octanol–water partition coefficient (Wildman–Crippen LogP) is 2.79. The molecule has 1 rings (SSSR count). The fourth-order valence-corrected chi connectivity index (χ4v) is 1.69. The molecule has 0 fully saturated rings. The molecule has 0 aliphatic heterocycles. The zero-order chi connectivity index (χ0) is 14.8. The van der Waals surface area contributed by atoms with Gasteiger partial charge in [-0.1, -0.05) is 43.3 Å². The summed E-state index contributed by atoms with van der Waals surface area (Å²) in [6.45, 7) is 8.99. The predicted molar refractivity (Wildman–Crippen MR) is 83.4 cm³/mol. The van der Waals surface area contributed by atoms with Crippen LogP contribution in [0.15, 0.2) is 42.1 Å². The van der Waals surface area contributed by atoms with Crippen LogP contribution in [0.1, 0.15) is 19.4 Å².